The molecule has 0 amide bonds. The first-order chi connectivity index (χ1) is 17.2. The molecule has 0 saturated carbocycles. The van der Waals surface area contributed by atoms with Crippen LogP contribution in [-0.4, -0.2) is 44.5 Å². The lowest BCUT2D eigenvalue weighted by Gasteiger charge is -2.33. The van der Waals surface area contributed by atoms with Crippen molar-refractivity contribution in [2.45, 2.75) is 45.3 Å². The molecular formula is C26H26F3N5O2. The van der Waals surface area contributed by atoms with Crippen LogP contribution in [0.15, 0.2) is 42.6 Å². The number of para-hydroxylation sites is 1. The maximum atomic E-state index is 13.9. The molecule has 36 heavy (non-hydrogen) atoms. The van der Waals surface area contributed by atoms with Crippen molar-refractivity contribution in [3.63, 3.8) is 0 Å². The molecule has 2 aromatic heterocycles. The fraction of sp³-hybridized carbons (Fsp3) is 0.346. The third-order valence-corrected chi connectivity index (χ3v) is 6.62. The molecule has 1 atom stereocenters. The third kappa shape index (κ3) is 4.31. The Kier molecular flexibility index (Phi) is 5.97. The normalized spacial score (nSPS) is 16.4. The number of aryl methyl sites for hydroxylation is 1. The Morgan fingerprint density at radius 3 is 2.61 bits per heavy atom. The highest BCUT2D eigenvalue weighted by Gasteiger charge is 2.35. The molecule has 0 unspecified atom stereocenters. The Morgan fingerprint density at radius 1 is 1.19 bits per heavy atom. The number of carboxylic acids is 1. The molecule has 7 nitrogen and oxygen atoms in total. The Bertz CT molecular complexity index is 1460. The lowest BCUT2D eigenvalue weighted by atomic mass is 10.0. The minimum Gasteiger partial charge on any atom is -0.478 e. The van der Waals surface area contributed by atoms with Gasteiger partial charge in [-0.15, -0.1) is 0 Å². The van der Waals surface area contributed by atoms with Gasteiger partial charge in [-0.3, -0.25) is 4.40 Å². The minimum atomic E-state index is -2.72. The molecule has 0 radical (unpaired) electrons. The van der Waals surface area contributed by atoms with E-state index in [1.54, 1.807) is 33.7 Å². The number of halogens is 3. The fourth-order valence-electron chi connectivity index (χ4n) is 4.79. The van der Waals surface area contributed by atoms with Crippen molar-refractivity contribution in [3.8, 4) is 0 Å². The van der Waals surface area contributed by atoms with Gasteiger partial charge in [-0.1, -0.05) is 18.2 Å². The molecular weight excluding hydrogens is 471 g/mol. The van der Waals surface area contributed by atoms with Crippen molar-refractivity contribution in [3.05, 3.63) is 65.0 Å². The van der Waals surface area contributed by atoms with E-state index >= 15 is 0 Å². The number of rotatable bonds is 6. The van der Waals surface area contributed by atoms with Gasteiger partial charge in [0.2, 0.25) is 5.95 Å². The number of carbonyl (C=O) groups is 1. The highest BCUT2D eigenvalue weighted by molar-refractivity contribution is 5.96. The summed E-state index contributed by atoms with van der Waals surface area (Å²) in [5, 5.41) is 13.6. The number of imidazole rings is 1. The van der Waals surface area contributed by atoms with Crippen molar-refractivity contribution in [2.24, 2.45) is 0 Å². The number of hydrogen-bond acceptors (Lipinski definition) is 5. The van der Waals surface area contributed by atoms with E-state index in [-0.39, 0.29) is 43.2 Å². The van der Waals surface area contributed by atoms with Crippen LogP contribution in [-0.2, 0) is 6.67 Å². The summed E-state index contributed by atoms with van der Waals surface area (Å²) in [5.41, 5.74) is 3.67. The number of nitrogens with one attached hydrogen (secondary N) is 1. The highest BCUT2D eigenvalue weighted by Crippen LogP contribution is 2.35. The van der Waals surface area contributed by atoms with Crippen molar-refractivity contribution in [1.29, 1.82) is 0 Å². The van der Waals surface area contributed by atoms with Gasteiger partial charge in [0.1, 0.15) is 12.3 Å². The summed E-state index contributed by atoms with van der Waals surface area (Å²) in [7, 11) is 0. The number of aromatic nitrogens is 3. The molecule has 1 aliphatic rings. The molecule has 1 fully saturated rings. The van der Waals surface area contributed by atoms with Crippen molar-refractivity contribution in [2.75, 3.05) is 23.3 Å². The average molecular weight is 498 g/mol. The molecule has 0 bridgehead atoms. The fourth-order valence-corrected chi connectivity index (χ4v) is 4.79. The number of nitrogens with zero attached hydrogens (tertiary/aromatic N) is 4. The summed E-state index contributed by atoms with van der Waals surface area (Å²) in [6.07, 6.45) is 0.990. The van der Waals surface area contributed by atoms with Crippen LogP contribution in [0.3, 0.4) is 0 Å². The molecule has 5 rings (SSSR count). The van der Waals surface area contributed by atoms with Crippen molar-refractivity contribution in [1.82, 2.24) is 14.4 Å². The van der Waals surface area contributed by atoms with Crippen LogP contribution in [0.25, 0.3) is 16.6 Å². The number of fused-ring (bicyclic) bond motifs is 3. The lowest BCUT2D eigenvalue weighted by Crippen LogP contribution is -2.40. The monoisotopic (exact) mass is 497 g/mol. The molecule has 1 aliphatic heterocycles. The van der Waals surface area contributed by atoms with E-state index < -0.39 is 18.6 Å². The van der Waals surface area contributed by atoms with E-state index in [1.165, 1.54) is 6.07 Å². The second-order valence-corrected chi connectivity index (χ2v) is 9.28. The lowest BCUT2D eigenvalue weighted by molar-refractivity contribution is -0.0222. The number of hydrogen-bond donors (Lipinski definition) is 2. The van der Waals surface area contributed by atoms with Crippen LogP contribution in [0.5, 0.6) is 0 Å². The maximum Gasteiger partial charge on any atom is 0.337 e. The number of alkyl halides is 3. The second kappa shape index (κ2) is 9.00. The number of aromatic carboxylic acids is 1. The largest absolute Gasteiger partial charge is 0.478 e. The zero-order valence-corrected chi connectivity index (χ0v) is 19.9. The summed E-state index contributed by atoms with van der Waals surface area (Å²) in [6, 6.07) is 10.2. The molecule has 188 valence electrons. The van der Waals surface area contributed by atoms with Gasteiger partial charge in [-0.05, 0) is 37.6 Å². The second-order valence-electron chi connectivity index (χ2n) is 9.28. The summed E-state index contributed by atoms with van der Waals surface area (Å²) in [4.78, 5) is 22.9. The van der Waals surface area contributed by atoms with Gasteiger partial charge in [0.25, 0.3) is 5.92 Å². The van der Waals surface area contributed by atoms with Gasteiger partial charge in [0.15, 0.2) is 0 Å². The van der Waals surface area contributed by atoms with Gasteiger partial charge in [0.05, 0.1) is 22.8 Å². The standard InChI is InChI=1S/C26H26F3N5O2/c1-15-11-19(16(2)30-21-6-4-3-5-18(21)24(35)36)22-20(12-15)23-31-17(13-27)14-34(23)25(32-22)33-9-7-26(28,29)8-10-33/h3-6,11-12,14,16,30H,7-10,13H2,1-2H3,(H,35,36)/t16-/m1/s1. The first-order valence-corrected chi connectivity index (χ1v) is 11.8. The van der Waals surface area contributed by atoms with E-state index in [0.29, 0.717) is 28.2 Å². The number of carboxylic acid groups (broad SMARTS) is 1. The molecule has 1 saturated heterocycles. The Morgan fingerprint density at radius 2 is 1.92 bits per heavy atom. The maximum absolute atomic E-state index is 13.9. The summed E-state index contributed by atoms with van der Waals surface area (Å²) >= 11 is 0. The molecule has 3 heterocycles. The Hall–Kier alpha value is -3.82. The van der Waals surface area contributed by atoms with Crippen molar-refractivity contribution >= 4 is 34.2 Å². The minimum absolute atomic E-state index is 0.116. The van der Waals surface area contributed by atoms with Crippen LogP contribution in [0.2, 0.25) is 0 Å². The first kappa shape index (κ1) is 23.9. The predicted molar refractivity (Wildman–Crippen MR) is 132 cm³/mol. The van der Waals surface area contributed by atoms with Gasteiger partial charge in [-0.25, -0.2) is 27.9 Å². The molecule has 10 heteroatoms. The summed E-state index contributed by atoms with van der Waals surface area (Å²) < 4.78 is 43.0. The molecule has 2 aromatic carbocycles. The van der Waals surface area contributed by atoms with Crippen LogP contribution < -0.4 is 10.2 Å². The Balaban J connectivity index is 1.66. The van der Waals surface area contributed by atoms with Crippen molar-refractivity contribution < 1.29 is 23.1 Å². The van der Waals surface area contributed by atoms with Crippen LogP contribution >= 0.6 is 0 Å². The number of piperidine rings is 1. The van der Waals surface area contributed by atoms with Gasteiger partial charge < -0.3 is 15.3 Å². The molecule has 2 N–H and O–H groups in total. The van der Waals surface area contributed by atoms with E-state index in [1.807, 2.05) is 26.0 Å². The number of anilines is 2. The van der Waals surface area contributed by atoms with Crippen LogP contribution in [0, 0.1) is 6.92 Å². The van der Waals surface area contributed by atoms with E-state index in [0.717, 1.165) is 11.1 Å². The quantitative estimate of drug-likeness (QED) is 0.352. The SMILES string of the molecule is Cc1cc([C@@H](C)Nc2ccccc2C(=O)O)c2nc(N3CCC(F)(F)CC3)n3cc(CF)nc3c2c1. The summed E-state index contributed by atoms with van der Waals surface area (Å²) in [6.45, 7) is 3.30. The highest BCUT2D eigenvalue weighted by atomic mass is 19.3. The average Bonchev–Trinajstić information content (AvgIpc) is 3.28. The Labute approximate surface area is 205 Å². The zero-order chi connectivity index (χ0) is 25.6. The van der Waals surface area contributed by atoms with Gasteiger partial charge >= 0.3 is 5.97 Å². The first-order valence-electron chi connectivity index (χ1n) is 11.8. The summed E-state index contributed by atoms with van der Waals surface area (Å²) in [5.74, 6) is -3.33. The predicted octanol–water partition coefficient (Wildman–Crippen LogP) is 5.77. The third-order valence-electron chi connectivity index (χ3n) is 6.62. The van der Waals surface area contributed by atoms with Crippen LogP contribution in [0.4, 0.5) is 24.8 Å². The molecule has 0 aliphatic carbocycles. The van der Waals surface area contributed by atoms with Crippen LogP contribution in [0.1, 0.15) is 53.0 Å². The smallest absolute Gasteiger partial charge is 0.337 e. The van der Waals surface area contributed by atoms with Gasteiger partial charge in [-0.2, -0.15) is 0 Å². The van der Waals surface area contributed by atoms with Gasteiger partial charge in [0, 0.05) is 48.8 Å². The molecule has 4 aromatic rings. The zero-order valence-electron chi connectivity index (χ0n) is 19.9. The van der Waals surface area contributed by atoms with E-state index in [9.17, 15) is 23.1 Å². The van der Waals surface area contributed by atoms with E-state index in [2.05, 4.69) is 10.3 Å². The number of benzene rings is 2. The van der Waals surface area contributed by atoms with E-state index in [4.69, 9.17) is 4.98 Å². The topological polar surface area (TPSA) is 82.8 Å². The molecule has 0 spiro atoms.